The summed E-state index contributed by atoms with van der Waals surface area (Å²) in [6.07, 6.45) is 0.564. The van der Waals surface area contributed by atoms with Crippen molar-refractivity contribution >= 4 is 17.3 Å². The minimum atomic E-state index is -4.68. The molecule has 0 saturated heterocycles. The summed E-state index contributed by atoms with van der Waals surface area (Å²) in [5, 5.41) is 16.5. The molecule has 0 spiro atoms. The smallest absolute Gasteiger partial charge is 0.379 e. The van der Waals surface area contributed by atoms with Gasteiger partial charge in [-0.2, -0.15) is 13.2 Å². The number of imidazole rings is 1. The molecule has 0 aliphatic carbocycles. The number of halogens is 3. The molecule has 1 amide bonds. The third kappa shape index (κ3) is 6.30. The van der Waals surface area contributed by atoms with Gasteiger partial charge in [-0.3, -0.25) is 14.9 Å². The number of amides is 1. The molecule has 0 aliphatic rings. The first-order chi connectivity index (χ1) is 15.2. The molecule has 2 N–H and O–H groups in total. The van der Waals surface area contributed by atoms with Gasteiger partial charge in [-0.1, -0.05) is 24.3 Å². The van der Waals surface area contributed by atoms with Gasteiger partial charge in [0.05, 0.1) is 16.8 Å². The predicted molar refractivity (Wildman–Crippen MR) is 111 cm³/mol. The first-order valence-electron chi connectivity index (χ1n) is 9.62. The Morgan fingerprint density at radius 2 is 1.94 bits per heavy atom. The van der Waals surface area contributed by atoms with Crippen LogP contribution in [-0.2, 0) is 24.1 Å². The molecule has 1 heterocycles. The van der Waals surface area contributed by atoms with E-state index in [2.05, 4.69) is 15.6 Å². The molecule has 2 aromatic carbocycles. The van der Waals surface area contributed by atoms with Crippen LogP contribution >= 0.6 is 0 Å². The van der Waals surface area contributed by atoms with Gasteiger partial charge in [0.1, 0.15) is 5.69 Å². The Bertz CT molecular complexity index is 1080. The van der Waals surface area contributed by atoms with Gasteiger partial charge >= 0.3 is 6.18 Å². The summed E-state index contributed by atoms with van der Waals surface area (Å²) in [7, 11) is 0. The molecule has 0 radical (unpaired) electrons. The van der Waals surface area contributed by atoms with E-state index in [1.54, 1.807) is 12.5 Å². The van der Waals surface area contributed by atoms with Crippen LogP contribution in [0.5, 0.6) is 0 Å². The summed E-state index contributed by atoms with van der Waals surface area (Å²) in [4.78, 5) is 26.3. The second-order valence-electron chi connectivity index (χ2n) is 7.00. The van der Waals surface area contributed by atoms with Gasteiger partial charge in [0.15, 0.2) is 0 Å². The molecule has 11 heteroatoms. The van der Waals surface area contributed by atoms with E-state index >= 15 is 0 Å². The van der Waals surface area contributed by atoms with Crippen molar-refractivity contribution in [2.75, 3.05) is 11.9 Å². The number of nitrogens with one attached hydrogen (secondary N) is 2. The standard InChI is InChI=1S/C21H20F3N5O3/c22-21(23,24)17-4-5-18(19(11-17)29(31)32)26-7-6-20(30)27-12-15-2-1-3-16(10-15)13-28-9-8-25-14-28/h1-5,8-11,14,26H,6-7,12-13H2,(H,27,30). The van der Waals surface area contributed by atoms with E-state index in [-0.39, 0.29) is 24.6 Å². The fourth-order valence-corrected chi connectivity index (χ4v) is 3.04. The average Bonchev–Trinajstić information content (AvgIpc) is 3.25. The maximum absolute atomic E-state index is 12.8. The van der Waals surface area contributed by atoms with Crippen LogP contribution < -0.4 is 10.6 Å². The lowest BCUT2D eigenvalue weighted by Crippen LogP contribution is -2.25. The molecule has 8 nitrogen and oxygen atoms in total. The SMILES string of the molecule is O=C(CCNc1ccc(C(F)(F)F)cc1[N+](=O)[O-])NCc1cccc(Cn2ccnc2)c1. The van der Waals surface area contributed by atoms with E-state index in [0.717, 1.165) is 23.3 Å². The first-order valence-corrected chi connectivity index (χ1v) is 9.62. The predicted octanol–water partition coefficient (Wildman–Crippen LogP) is 3.98. The minimum absolute atomic E-state index is 0.00704. The Kier molecular flexibility index (Phi) is 7.08. The van der Waals surface area contributed by atoms with Gasteiger partial charge in [0, 0.05) is 44.5 Å². The number of benzene rings is 2. The van der Waals surface area contributed by atoms with Crippen molar-refractivity contribution in [3.05, 3.63) is 88.0 Å². The van der Waals surface area contributed by atoms with Crippen LogP contribution in [0.4, 0.5) is 24.5 Å². The zero-order chi connectivity index (χ0) is 23.1. The zero-order valence-electron chi connectivity index (χ0n) is 16.8. The van der Waals surface area contributed by atoms with Gasteiger partial charge in [-0.05, 0) is 23.3 Å². The summed E-state index contributed by atoms with van der Waals surface area (Å²) in [6.45, 7) is 0.980. The monoisotopic (exact) mass is 447 g/mol. The number of hydrogen-bond acceptors (Lipinski definition) is 5. The minimum Gasteiger partial charge on any atom is -0.379 e. The van der Waals surface area contributed by atoms with Crippen molar-refractivity contribution in [1.29, 1.82) is 0 Å². The molecule has 0 fully saturated rings. The summed E-state index contributed by atoms with van der Waals surface area (Å²) in [5.74, 6) is -0.299. The molecule has 0 aliphatic heterocycles. The Morgan fingerprint density at radius 3 is 2.62 bits per heavy atom. The normalized spacial score (nSPS) is 11.2. The molecule has 0 unspecified atom stereocenters. The number of nitrogens with zero attached hydrogens (tertiary/aromatic N) is 3. The topological polar surface area (TPSA) is 102 Å². The molecule has 3 rings (SSSR count). The quantitative estimate of drug-likeness (QED) is 0.382. The fraction of sp³-hybridized carbons (Fsp3) is 0.238. The number of aromatic nitrogens is 2. The highest BCUT2D eigenvalue weighted by molar-refractivity contribution is 5.76. The molecule has 3 aromatic rings. The van der Waals surface area contributed by atoms with Crippen LogP contribution in [0.15, 0.2) is 61.2 Å². The second kappa shape index (κ2) is 9.94. The van der Waals surface area contributed by atoms with Crippen LogP contribution in [0.2, 0.25) is 0 Å². The van der Waals surface area contributed by atoms with Crippen LogP contribution in [0.25, 0.3) is 0 Å². The molecule has 1 aromatic heterocycles. The lowest BCUT2D eigenvalue weighted by molar-refractivity contribution is -0.384. The molecule has 32 heavy (non-hydrogen) atoms. The average molecular weight is 447 g/mol. The zero-order valence-corrected chi connectivity index (χ0v) is 16.8. The number of rotatable bonds is 9. The van der Waals surface area contributed by atoms with Gasteiger partial charge < -0.3 is 15.2 Å². The first kappa shape index (κ1) is 22.8. The summed E-state index contributed by atoms with van der Waals surface area (Å²) < 4.78 is 40.2. The Balaban J connectivity index is 1.50. The number of nitro benzene ring substituents is 1. The highest BCUT2D eigenvalue weighted by Gasteiger charge is 2.33. The number of nitro groups is 1. The molecular weight excluding hydrogens is 427 g/mol. The molecule has 0 atom stereocenters. The van der Waals surface area contributed by atoms with E-state index in [0.29, 0.717) is 19.2 Å². The third-order valence-electron chi connectivity index (χ3n) is 4.59. The van der Waals surface area contributed by atoms with Crippen LogP contribution in [0.1, 0.15) is 23.1 Å². The van der Waals surface area contributed by atoms with Gasteiger partial charge in [0.2, 0.25) is 5.91 Å². The molecular formula is C21H20F3N5O3. The summed E-state index contributed by atoms with van der Waals surface area (Å²) >= 11 is 0. The van der Waals surface area contributed by atoms with Crippen molar-refractivity contribution in [2.45, 2.75) is 25.7 Å². The Morgan fingerprint density at radius 1 is 1.16 bits per heavy atom. The maximum atomic E-state index is 12.8. The van der Waals surface area contributed by atoms with Crippen molar-refractivity contribution in [1.82, 2.24) is 14.9 Å². The highest BCUT2D eigenvalue weighted by atomic mass is 19.4. The second-order valence-corrected chi connectivity index (χ2v) is 7.00. The summed E-state index contributed by atoms with van der Waals surface area (Å²) in [5.41, 5.74) is 0.0639. The van der Waals surface area contributed by atoms with Crippen molar-refractivity contribution < 1.29 is 22.9 Å². The van der Waals surface area contributed by atoms with Crippen molar-refractivity contribution in [3.8, 4) is 0 Å². The van der Waals surface area contributed by atoms with Crippen LogP contribution in [0.3, 0.4) is 0 Å². The van der Waals surface area contributed by atoms with Crippen LogP contribution in [0, 0.1) is 10.1 Å². The molecule has 0 saturated carbocycles. The highest BCUT2D eigenvalue weighted by Crippen LogP contribution is 2.34. The van der Waals surface area contributed by atoms with E-state index in [4.69, 9.17) is 0 Å². The summed E-state index contributed by atoms with van der Waals surface area (Å²) in [6, 6.07) is 9.91. The fourth-order valence-electron chi connectivity index (χ4n) is 3.04. The van der Waals surface area contributed by atoms with E-state index < -0.39 is 22.4 Å². The number of anilines is 1. The Hall–Kier alpha value is -3.89. The van der Waals surface area contributed by atoms with Crippen molar-refractivity contribution in [2.24, 2.45) is 0 Å². The lowest BCUT2D eigenvalue weighted by atomic mass is 10.1. The van der Waals surface area contributed by atoms with Crippen LogP contribution in [-0.4, -0.2) is 26.9 Å². The third-order valence-corrected chi connectivity index (χ3v) is 4.59. The largest absolute Gasteiger partial charge is 0.416 e. The number of carbonyl (C=O) groups excluding carboxylic acids is 1. The van der Waals surface area contributed by atoms with Crippen molar-refractivity contribution in [3.63, 3.8) is 0 Å². The van der Waals surface area contributed by atoms with E-state index in [9.17, 15) is 28.1 Å². The number of carbonyl (C=O) groups is 1. The molecule has 168 valence electrons. The number of alkyl halides is 3. The van der Waals surface area contributed by atoms with Gasteiger partial charge in [0.25, 0.3) is 5.69 Å². The lowest BCUT2D eigenvalue weighted by Gasteiger charge is -2.11. The van der Waals surface area contributed by atoms with Gasteiger partial charge in [-0.15, -0.1) is 0 Å². The number of hydrogen-bond donors (Lipinski definition) is 2. The maximum Gasteiger partial charge on any atom is 0.416 e. The Labute approximate surface area is 181 Å². The van der Waals surface area contributed by atoms with E-state index in [1.807, 2.05) is 35.0 Å². The van der Waals surface area contributed by atoms with E-state index in [1.165, 1.54) is 0 Å². The molecule has 0 bridgehead atoms. The van der Waals surface area contributed by atoms with Gasteiger partial charge in [-0.25, -0.2) is 4.98 Å².